The maximum Gasteiger partial charge on any atom is 0.253 e. The number of piperazine rings is 1. The largest absolute Gasteiger partial charge is 0.361 e. The van der Waals surface area contributed by atoms with Gasteiger partial charge < -0.3 is 15.2 Å². The molecule has 1 aromatic heterocycles. The topological polar surface area (TPSA) is 90.7 Å². The van der Waals surface area contributed by atoms with Gasteiger partial charge in [0, 0.05) is 45.3 Å². The average Bonchev–Trinajstić information content (AvgIpc) is 3.12. The zero-order valence-electron chi connectivity index (χ0n) is 18.0. The van der Waals surface area contributed by atoms with E-state index in [2.05, 4.69) is 25.6 Å². The Labute approximate surface area is 177 Å². The highest BCUT2D eigenvalue weighted by atomic mass is 16.5. The highest BCUT2D eigenvalue weighted by Gasteiger charge is 2.21. The molecule has 30 heavy (non-hydrogen) atoms. The van der Waals surface area contributed by atoms with E-state index in [9.17, 15) is 9.59 Å². The molecule has 2 amide bonds. The second-order valence-electron chi connectivity index (χ2n) is 8.18. The molecule has 0 radical (unpaired) electrons. The van der Waals surface area contributed by atoms with Gasteiger partial charge in [-0.15, -0.1) is 0 Å². The van der Waals surface area contributed by atoms with E-state index < -0.39 is 0 Å². The number of aromatic nitrogens is 1. The fourth-order valence-corrected chi connectivity index (χ4v) is 3.40. The lowest BCUT2D eigenvalue weighted by atomic mass is 10.1. The Morgan fingerprint density at radius 2 is 1.83 bits per heavy atom. The van der Waals surface area contributed by atoms with E-state index in [0.29, 0.717) is 30.3 Å². The van der Waals surface area contributed by atoms with Crippen LogP contribution in [0.15, 0.2) is 34.9 Å². The number of aryl methyl sites for hydroxylation is 1. The number of anilines is 1. The molecule has 0 unspecified atom stereocenters. The molecular weight excluding hydrogens is 382 g/mol. The first kappa shape index (κ1) is 22.0. The fourth-order valence-electron chi connectivity index (χ4n) is 3.40. The first-order valence-electron chi connectivity index (χ1n) is 10.4. The van der Waals surface area contributed by atoms with Crippen LogP contribution in [0.2, 0.25) is 0 Å². The summed E-state index contributed by atoms with van der Waals surface area (Å²) in [4.78, 5) is 29.4. The van der Waals surface area contributed by atoms with Gasteiger partial charge in [-0.05, 0) is 25.0 Å². The molecule has 1 aliphatic heterocycles. The number of para-hydroxylation sites is 1. The Morgan fingerprint density at radius 3 is 2.50 bits per heavy atom. The second-order valence-corrected chi connectivity index (χ2v) is 8.18. The lowest BCUT2D eigenvalue weighted by Crippen LogP contribution is -2.48. The summed E-state index contributed by atoms with van der Waals surface area (Å²) < 4.78 is 5.12. The minimum atomic E-state index is -0.170. The van der Waals surface area contributed by atoms with E-state index in [1.54, 1.807) is 18.2 Å². The molecule has 162 valence electrons. The van der Waals surface area contributed by atoms with Crippen molar-refractivity contribution in [3.8, 4) is 0 Å². The summed E-state index contributed by atoms with van der Waals surface area (Å²) in [6.07, 6.45) is 0. The lowest BCUT2D eigenvalue weighted by molar-refractivity contribution is -0.117. The third-order valence-corrected chi connectivity index (χ3v) is 5.01. The normalized spacial score (nSPS) is 15.3. The highest BCUT2D eigenvalue weighted by molar-refractivity contribution is 6.04. The van der Waals surface area contributed by atoms with Gasteiger partial charge in [0.2, 0.25) is 5.91 Å². The number of nitrogens with zero attached hydrogens (tertiary/aromatic N) is 3. The summed E-state index contributed by atoms with van der Waals surface area (Å²) >= 11 is 0. The molecule has 0 aliphatic carbocycles. The van der Waals surface area contributed by atoms with Gasteiger partial charge in [0.15, 0.2) is 0 Å². The van der Waals surface area contributed by atoms with Crippen molar-refractivity contribution in [3.63, 3.8) is 0 Å². The number of hydrogen-bond acceptors (Lipinski definition) is 6. The predicted molar refractivity (Wildman–Crippen MR) is 115 cm³/mol. The van der Waals surface area contributed by atoms with Crippen LogP contribution in [0, 0.1) is 12.8 Å². The van der Waals surface area contributed by atoms with Crippen LogP contribution in [0.3, 0.4) is 0 Å². The van der Waals surface area contributed by atoms with E-state index in [-0.39, 0.29) is 11.8 Å². The van der Waals surface area contributed by atoms with Crippen molar-refractivity contribution in [1.29, 1.82) is 0 Å². The van der Waals surface area contributed by atoms with Crippen molar-refractivity contribution in [2.45, 2.75) is 27.3 Å². The Hall–Kier alpha value is -2.71. The first-order valence-corrected chi connectivity index (χ1v) is 10.4. The van der Waals surface area contributed by atoms with Crippen LogP contribution in [0.1, 0.15) is 35.7 Å². The third kappa shape index (κ3) is 6.40. The van der Waals surface area contributed by atoms with Gasteiger partial charge in [-0.25, -0.2) is 0 Å². The van der Waals surface area contributed by atoms with Gasteiger partial charge in [-0.1, -0.05) is 31.1 Å². The molecule has 0 saturated carbocycles. The number of rotatable bonds is 8. The number of hydrogen-bond donors (Lipinski definition) is 2. The minimum absolute atomic E-state index is 0.111. The number of carbonyl (C=O) groups excluding carboxylic acids is 2. The highest BCUT2D eigenvalue weighted by Crippen LogP contribution is 2.15. The van der Waals surface area contributed by atoms with Crippen LogP contribution in [-0.4, -0.2) is 66.0 Å². The second kappa shape index (κ2) is 10.4. The van der Waals surface area contributed by atoms with Gasteiger partial charge >= 0.3 is 0 Å². The molecular formula is C22H31N5O3. The number of amides is 2. The molecule has 0 atom stereocenters. The van der Waals surface area contributed by atoms with Gasteiger partial charge in [-0.3, -0.25) is 19.4 Å². The van der Waals surface area contributed by atoms with Crippen LogP contribution in [0.4, 0.5) is 5.69 Å². The van der Waals surface area contributed by atoms with Crippen molar-refractivity contribution in [3.05, 3.63) is 47.3 Å². The Kier molecular flexibility index (Phi) is 7.59. The molecule has 3 rings (SSSR count). The van der Waals surface area contributed by atoms with Crippen LogP contribution in [0.5, 0.6) is 0 Å². The maximum atomic E-state index is 12.6. The van der Waals surface area contributed by atoms with Gasteiger partial charge in [0.05, 0.1) is 23.5 Å². The standard InChI is InChI=1S/C22H31N5O3/c1-16(2)13-23-22(29)19-6-4-5-7-20(19)24-21(28)15-27-10-8-26(9-11-27)14-18-12-17(3)30-25-18/h4-7,12,16H,8-11,13-15H2,1-3H3,(H,23,29)(H,24,28). The van der Waals surface area contributed by atoms with Crippen molar-refractivity contribution in [2.24, 2.45) is 5.92 Å². The molecule has 1 aromatic carbocycles. The van der Waals surface area contributed by atoms with E-state index >= 15 is 0 Å². The molecule has 1 saturated heterocycles. The molecule has 8 nitrogen and oxygen atoms in total. The third-order valence-electron chi connectivity index (χ3n) is 5.01. The van der Waals surface area contributed by atoms with Crippen LogP contribution < -0.4 is 10.6 Å². The molecule has 0 bridgehead atoms. The number of benzene rings is 1. The summed E-state index contributed by atoms with van der Waals surface area (Å²) in [6, 6.07) is 9.07. The van der Waals surface area contributed by atoms with E-state index in [4.69, 9.17) is 4.52 Å². The molecule has 2 heterocycles. The van der Waals surface area contributed by atoms with Crippen LogP contribution in [0.25, 0.3) is 0 Å². The lowest BCUT2D eigenvalue weighted by Gasteiger charge is -2.33. The van der Waals surface area contributed by atoms with Crippen molar-refractivity contribution in [1.82, 2.24) is 20.3 Å². The monoisotopic (exact) mass is 413 g/mol. The Morgan fingerprint density at radius 1 is 1.13 bits per heavy atom. The summed E-state index contributed by atoms with van der Waals surface area (Å²) in [5.74, 6) is 0.900. The van der Waals surface area contributed by atoms with Crippen LogP contribution >= 0.6 is 0 Å². The zero-order chi connectivity index (χ0) is 21.5. The molecule has 0 spiro atoms. The van der Waals surface area contributed by atoms with Gasteiger partial charge in [0.25, 0.3) is 5.91 Å². The SMILES string of the molecule is Cc1cc(CN2CCN(CC(=O)Nc3ccccc3C(=O)NCC(C)C)CC2)no1. The van der Waals surface area contributed by atoms with Gasteiger partial charge in [0.1, 0.15) is 5.76 Å². The van der Waals surface area contributed by atoms with Crippen molar-refractivity contribution < 1.29 is 14.1 Å². The summed E-state index contributed by atoms with van der Waals surface area (Å²) in [5, 5.41) is 9.85. The van der Waals surface area contributed by atoms with Crippen LogP contribution in [-0.2, 0) is 11.3 Å². The molecule has 2 aromatic rings. The zero-order valence-corrected chi connectivity index (χ0v) is 18.0. The molecule has 2 N–H and O–H groups in total. The predicted octanol–water partition coefficient (Wildman–Crippen LogP) is 2.13. The Balaban J connectivity index is 1.48. The Bertz CT molecular complexity index is 856. The summed E-state index contributed by atoms with van der Waals surface area (Å²) in [7, 11) is 0. The molecule has 1 aliphatic rings. The summed E-state index contributed by atoms with van der Waals surface area (Å²) in [5.41, 5.74) is 1.97. The van der Waals surface area contributed by atoms with Crippen molar-refractivity contribution >= 4 is 17.5 Å². The fraction of sp³-hybridized carbons (Fsp3) is 0.500. The first-order chi connectivity index (χ1) is 14.4. The van der Waals surface area contributed by atoms with E-state index in [0.717, 1.165) is 44.2 Å². The quantitative estimate of drug-likeness (QED) is 0.689. The average molecular weight is 414 g/mol. The number of carbonyl (C=O) groups is 2. The number of nitrogens with one attached hydrogen (secondary N) is 2. The van der Waals surface area contributed by atoms with E-state index in [1.165, 1.54) is 0 Å². The van der Waals surface area contributed by atoms with E-state index in [1.807, 2.05) is 32.9 Å². The maximum absolute atomic E-state index is 12.6. The molecule has 1 fully saturated rings. The van der Waals surface area contributed by atoms with Crippen molar-refractivity contribution in [2.75, 3.05) is 44.6 Å². The molecule has 8 heteroatoms. The smallest absolute Gasteiger partial charge is 0.253 e. The summed E-state index contributed by atoms with van der Waals surface area (Å²) in [6.45, 7) is 11.0. The minimum Gasteiger partial charge on any atom is -0.361 e. The van der Waals surface area contributed by atoms with Gasteiger partial charge in [-0.2, -0.15) is 0 Å².